The molecule has 0 radical (unpaired) electrons. The third-order valence-corrected chi connectivity index (χ3v) is 5.68. The van der Waals surface area contributed by atoms with Crippen molar-refractivity contribution in [1.82, 2.24) is 4.57 Å². The van der Waals surface area contributed by atoms with Crippen LogP contribution in [0.4, 0.5) is 0 Å². The minimum Gasteiger partial charge on any atom is -0.497 e. The second-order valence-electron chi connectivity index (χ2n) is 8.86. The Kier molecular flexibility index (Phi) is 5.40. The van der Waals surface area contributed by atoms with E-state index in [0.717, 1.165) is 28.8 Å². The number of nitrogens with zero attached hydrogens (tertiary/aromatic N) is 1. The molecule has 0 saturated carbocycles. The largest absolute Gasteiger partial charge is 0.497 e. The number of aromatic nitrogens is 1. The fourth-order valence-corrected chi connectivity index (χ4v) is 3.92. The average Bonchev–Trinajstić information content (AvgIpc) is 3.10. The van der Waals surface area contributed by atoms with Gasteiger partial charge in [0.25, 0.3) is 0 Å². The van der Waals surface area contributed by atoms with E-state index in [1.54, 1.807) is 7.11 Å². The molecule has 0 aliphatic rings. The van der Waals surface area contributed by atoms with Gasteiger partial charge in [0.2, 0.25) is 0 Å². The molecule has 154 valence electrons. The number of ether oxygens (including phenoxy) is 1. The van der Waals surface area contributed by atoms with E-state index >= 15 is 0 Å². The van der Waals surface area contributed by atoms with Gasteiger partial charge in [-0.05, 0) is 51.9 Å². The van der Waals surface area contributed by atoms with Crippen molar-refractivity contribution in [3.8, 4) is 16.9 Å². The predicted molar refractivity (Wildman–Crippen MR) is 124 cm³/mol. The van der Waals surface area contributed by atoms with Crippen LogP contribution in [-0.2, 0) is 18.6 Å². The van der Waals surface area contributed by atoms with Gasteiger partial charge in [-0.25, -0.2) is 0 Å². The summed E-state index contributed by atoms with van der Waals surface area (Å²) in [7, 11) is 1.69. The van der Waals surface area contributed by atoms with Gasteiger partial charge in [0.05, 0.1) is 13.7 Å². The first-order valence-corrected chi connectivity index (χ1v) is 10.4. The van der Waals surface area contributed by atoms with Crippen molar-refractivity contribution in [2.45, 2.75) is 39.3 Å². The molecular formula is C27H29NO2. The van der Waals surface area contributed by atoms with E-state index in [2.05, 4.69) is 80.1 Å². The molecule has 0 aliphatic heterocycles. The van der Waals surface area contributed by atoms with E-state index in [-0.39, 0.29) is 12.0 Å². The zero-order chi connectivity index (χ0) is 21.3. The van der Waals surface area contributed by atoms with Crippen LogP contribution in [0.5, 0.6) is 5.75 Å². The Morgan fingerprint density at radius 3 is 2.33 bits per heavy atom. The smallest absolute Gasteiger partial charge is 0.119 e. The highest BCUT2D eigenvalue weighted by Gasteiger charge is 2.15. The second kappa shape index (κ2) is 8.00. The summed E-state index contributed by atoms with van der Waals surface area (Å²) in [5, 5.41) is 10.8. The Bertz CT molecular complexity index is 1160. The van der Waals surface area contributed by atoms with Crippen LogP contribution in [0.1, 0.15) is 37.5 Å². The van der Waals surface area contributed by atoms with Crippen molar-refractivity contribution in [3.05, 3.63) is 89.6 Å². The highest BCUT2D eigenvalue weighted by Crippen LogP contribution is 2.34. The maximum absolute atomic E-state index is 9.66. The van der Waals surface area contributed by atoms with E-state index in [1.165, 1.54) is 22.3 Å². The zero-order valence-corrected chi connectivity index (χ0v) is 18.1. The number of hydrogen-bond donors (Lipinski definition) is 1. The average molecular weight is 400 g/mol. The SMILES string of the molecule is COc1cccc(Cn2cc(-c3ccc(C(C)(C)C)cc3)c3cc(CO)ccc32)c1. The summed E-state index contributed by atoms with van der Waals surface area (Å²) >= 11 is 0. The van der Waals surface area contributed by atoms with Crippen LogP contribution >= 0.6 is 0 Å². The maximum atomic E-state index is 9.66. The molecule has 0 amide bonds. The fraction of sp³-hybridized carbons (Fsp3) is 0.259. The van der Waals surface area contributed by atoms with Crippen LogP contribution in [0, 0.1) is 0 Å². The lowest BCUT2D eigenvalue weighted by atomic mass is 9.86. The third-order valence-electron chi connectivity index (χ3n) is 5.68. The van der Waals surface area contributed by atoms with Crippen molar-refractivity contribution in [3.63, 3.8) is 0 Å². The molecule has 4 aromatic rings. The lowest BCUT2D eigenvalue weighted by molar-refractivity contribution is 0.282. The lowest BCUT2D eigenvalue weighted by Gasteiger charge is -2.19. The number of rotatable bonds is 5. The van der Waals surface area contributed by atoms with Gasteiger partial charge in [-0.1, -0.05) is 63.2 Å². The standard InChI is InChI=1S/C27H29NO2/c1-27(2,3)22-11-9-21(10-12-22)25-17-28(16-19-6-5-7-23(14-19)30-4)26-13-8-20(18-29)15-24(25)26/h5-15,17,29H,16,18H2,1-4H3. The number of hydrogen-bond acceptors (Lipinski definition) is 2. The molecule has 0 bridgehead atoms. The fourth-order valence-electron chi connectivity index (χ4n) is 3.92. The normalized spacial score (nSPS) is 11.8. The van der Waals surface area contributed by atoms with Crippen LogP contribution in [0.25, 0.3) is 22.0 Å². The first-order valence-electron chi connectivity index (χ1n) is 10.4. The highest BCUT2D eigenvalue weighted by atomic mass is 16.5. The topological polar surface area (TPSA) is 34.4 Å². The van der Waals surface area contributed by atoms with Crippen LogP contribution in [-0.4, -0.2) is 16.8 Å². The molecule has 0 atom stereocenters. The molecular weight excluding hydrogens is 370 g/mol. The zero-order valence-electron chi connectivity index (χ0n) is 18.1. The number of aliphatic hydroxyl groups is 1. The van der Waals surface area contributed by atoms with Crippen LogP contribution in [0.2, 0.25) is 0 Å². The highest BCUT2D eigenvalue weighted by molar-refractivity contribution is 5.96. The number of fused-ring (bicyclic) bond motifs is 1. The summed E-state index contributed by atoms with van der Waals surface area (Å²) < 4.78 is 7.66. The van der Waals surface area contributed by atoms with Crippen LogP contribution in [0.15, 0.2) is 72.9 Å². The molecule has 3 heteroatoms. The molecule has 0 unspecified atom stereocenters. The molecule has 0 fully saturated rings. The maximum Gasteiger partial charge on any atom is 0.119 e. The molecule has 1 N–H and O–H groups in total. The predicted octanol–water partition coefficient (Wildman–Crippen LogP) is 6.16. The molecule has 0 spiro atoms. The number of methoxy groups -OCH3 is 1. The minimum absolute atomic E-state index is 0.0411. The van der Waals surface area contributed by atoms with Crippen molar-refractivity contribution in [2.75, 3.05) is 7.11 Å². The summed E-state index contributed by atoms with van der Waals surface area (Å²) in [4.78, 5) is 0. The second-order valence-corrected chi connectivity index (χ2v) is 8.86. The quantitative estimate of drug-likeness (QED) is 0.436. The van der Waals surface area contributed by atoms with E-state index in [0.29, 0.717) is 0 Å². The van der Waals surface area contributed by atoms with E-state index < -0.39 is 0 Å². The Labute approximate surface area is 178 Å². The molecule has 1 heterocycles. The van der Waals surface area contributed by atoms with E-state index in [1.807, 2.05) is 18.2 Å². The van der Waals surface area contributed by atoms with E-state index in [9.17, 15) is 5.11 Å². The first-order chi connectivity index (χ1) is 14.4. The van der Waals surface area contributed by atoms with Gasteiger partial charge < -0.3 is 14.4 Å². The van der Waals surface area contributed by atoms with Crippen molar-refractivity contribution in [1.29, 1.82) is 0 Å². The van der Waals surface area contributed by atoms with Crippen LogP contribution < -0.4 is 4.74 Å². The number of aliphatic hydroxyl groups excluding tert-OH is 1. The van der Waals surface area contributed by atoms with Crippen LogP contribution in [0.3, 0.4) is 0 Å². The molecule has 30 heavy (non-hydrogen) atoms. The Morgan fingerprint density at radius 1 is 0.900 bits per heavy atom. The Balaban J connectivity index is 1.81. The first kappa shape index (κ1) is 20.2. The molecule has 1 aromatic heterocycles. The van der Waals surface area contributed by atoms with Gasteiger partial charge in [0, 0.05) is 29.2 Å². The van der Waals surface area contributed by atoms with Gasteiger partial charge in [-0.2, -0.15) is 0 Å². The van der Waals surface area contributed by atoms with Gasteiger partial charge in [-0.15, -0.1) is 0 Å². The molecule has 0 saturated heterocycles. The van der Waals surface area contributed by atoms with Gasteiger partial charge >= 0.3 is 0 Å². The molecule has 3 aromatic carbocycles. The monoisotopic (exact) mass is 399 g/mol. The van der Waals surface area contributed by atoms with Crippen molar-refractivity contribution in [2.24, 2.45) is 0 Å². The van der Waals surface area contributed by atoms with E-state index in [4.69, 9.17) is 4.74 Å². The summed E-state index contributed by atoms with van der Waals surface area (Å²) in [5.74, 6) is 0.865. The van der Waals surface area contributed by atoms with Crippen molar-refractivity contribution < 1.29 is 9.84 Å². The van der Waals surface area contributed by atoms with Crippen molar-refractivity contribution >= 4 is 10.9 Å². The summed E-state index contributed by atoms with van der Waals surface area (Å²) in [6.07, 6.45) is 2.22. The Hall–Kier alpha value is -3.04. The van der Waals surface area contributed by atoms with Gasteiger partial charge in [0.1, 0.15) is 5.75 Å². The summed E-state index contributed by atoms with van der Waals surface area (Å²) in [6, 6.07) is 23.2. The van der Waals surface area contributed by atoms with Gasteiger partial charge in [-0.3, -0.25) is 0 Å². The minimum atomic E-state index is 0.0411. The third kappa shape index (κ3) is 3.99. The molecule has 0 aliphatic carbocycles. The molecule has 4 rings (SSSR count). The molecule has 3 nitrogen and oxygen atoms in total. The summed E-state index contributed by atoms with van der Waals surface area (Å²) in [6.45, 7) is 7.49. The summed E-state index contributed by atoms with van der Waals surface area (Å²) in [5.41, 5.74) is 7.09. The van der Waals surface area contributed by atoms with Gasteiger partial charge in [0.15, 0.2) is 0 Å². The number of benzene rings is 3. The lowest BCUT2D eigenvalue weighted by Crippen LogP contribution is -2.10. The Morgan fingerprint density at radius 2 is 1.67 bits per heavy atom.